The molecular formula is C23H41N3O6. The smallest absolute Gasteiger partial charge is 0.200 e. The molecule has 2 aliphatic heterocycles. The van der Waals surface area contributed by atoms with Crippen molar-refractivity contribution < 1.29 is 29.2 Å². The van der Waals surface area contributed by atoms with Crippen LogP contribution in [0.1, 0.15) is 51.9 Å². The summed E-state index contributed by atoms with van der Waals surface area (Å²) in [6, 6.07) is -0.916. The van der Waals surface area contributed by atoms with Crippen LogP contribution in [-0.2, 0) is 18.9 Å². The Hall–Kier alpha value is -0.780. The predicted octanol–water partition coefficient (Wildman–Crippen LogP) is 0.330. The van der Waals surface area contributed by atoms with Gasteiger partial charge in [0.1, 0.15) is 30.2 Å². The zero-order valence-electron chi connectivity index (χ0n) is 19.1. The Kier molecular flexibility index (Phi) is 8.44. The standard InChI is InChI=1S/C23H41N3O6/c1-13-8-18(27)23(29-12-13)32-22-17(25)9-16(24)21(20(22)28)31-19-7-3-6-15(30-19)11-26-10-14-4-2-5-14/h6,13-14,16-23,26-28H,2-5,7-12,24-25H2,1H3/t13-,16-,17+,18+,19+,20-,21+,22-,23+/m0/s1. The van der Waals surface area contributed by atoms with Crippen molar-refractivity contribution in [1.29, 1.82) is 0 Å². The molecule has 32 heavy (non-hydrogen) atoms. The van der Waals surface area contributed by atoms with Gasteiger partial charge in [-0.3, -0.25) is 0 Å². The highest BCUT2D eigenvalue weighted by Crippen LogP contribution is 2.30. The largest absolute Gasteiger partial charge is 0.468 e. The third-order valence-corrected chi connectivity index (χ3v) is 7.18. The van der Waals surface area contributed by atoms with Crippen molar-refractivity contribution in [2.45, 2.75) is 101 Å². The zero-order valence-corrected chi connectivity index (χ0v) is 19.1. The Balaban J connectivity index is 1.29. The summed E-state index contributed by atoms with van der Waals surface area (Å²) in [5, 5.41) is 24.8. The number of allylic oxidation sites excluding steroid dienone is 1. The van der Waals surface area contributed by atoms with Crippen molar-refractivity contribution in [3.8, 4) is 0 Å². The fraction of sp³-hybridized carbons (Fsp3) is 0.913. The molecule has 0 aromatic heterocycles. The van der Waals surface area contributed by atoms with Crippen LogP contribution < -0.4 is 16.8 Å². The van der Waals surface area contributed by atoms with E-state index in [1.54, 1.807) is 0 Å². The van der Waals surface area contributed by atoms with E-state index < -0.39 is 49.1 Å². The maximum absolute atomic E-state index is 11.0. The van der Waals surface area contributed by atoms with Gasteiger partial charge in [-0.15, -0.1) is 0 Å². The lowest BCUT2D eigenvalue weighted by atomic mass is 9.84. The number of hydrogen-bond acceptors (Lipinski definition) is 9. The summed E-state index contributed by atoms with van der Waals surface area (Å²) in [6.07, 6.45) is 4.12. The van der Waals surface area contributed by atoms with Crippen molar-refractivity contribution in [3.05, 3.63) is 11.8 Å². The van der Waals surface area contributed by atoms with Crippen LogP contribution in [0.2, 0.25) is 0 Å². The summed E-state index contributed by atoms with van der Waals surface area (Å²) in [5.41, 5.74) is 12.6. The molecule has 9 nitrogen and oxygen atoms in total. The van der Waals surface area contributed by atoms with Gasteiger partial charge in [-0.1, -0.05) is 13.3 Å². The van der Waals surface area contributed by atoms with E-state index in [9.17, 15) is 10.2 Å². The highest BCUT2D eigenvalue weighted by Gasteiger charge is 2.46. The molecule has 1 saturated heterocycles. The Morgan fingerprint density at radius 1 is 1.09 bits per heavy atom. The van der Waals surface area contributed by atoms with Gasteiger partial charge in [-0.25, -0.2) is 0 Å². The van der Waals surface area contributed by atoms with Gasteiger partial charge in [-0.2, -0.15) is 0 Å². The molecule has 4 aliphatic rings. The minimum absolute atomic E-state index is 0.258. The van der Waals surface area contributed by atoms with Crippen LogP contribution in [0.3, 0.4) is 0 Å². The molecule has 0 amide bonds. The first-order valence-electron chi connectivity index (χ1n) is 12.3. The van der Waals surface area contributed by atoms with Crippen molar-refractivity contribution in [2.75, 3.05) is 19.7 Å². The number of nitrogens with one attached hydrogen (secondary N) is 1. The minimum Gasteiger partial charge on any atom is -0.468 e. The van der Waals surface area contributed by atoms with E-state index in [2.05, 4.69) is 11.4 Å². The number of hydrogen-bond donors (Lipinski definition) is 5. The maximum Gasteiger partial charge on any atom is 0.200 e. The summed E-state index contributed by atoms with van der Waals surface area (Å²) in [6.45, 7) is 4.21. The molecule has 2 heterocycles. The van der Waals surface area contributed by atoms with Crippen LogP contribution >= 0.6 is 0 Å². The van der Waals surface area contributed by atoms with Crippen molar-refractivity contribution >= 4 is 0 Å². The van der Waals surface area contributed by atoms with Gasteiger partial charge in [0, 0.05) is 18.5 Å². The van der Waals surface area contributed by atoms with Gasteiger partial charge >= 0.3 is 0 Å². The predicted molar refractivity (Wildman–Crippen MR) is 118 cm³/mol. The van der Waals surface area contributed by atoms with E-state index >= 15 is 0 Å². The molecule has 9 atom stereocenters. The summed E-state index contributed by atoms with van der Waals surface area (Å²) in [4.78, 5) is 0. The van der Waals surface area contributed by atoms with E-state index in [1.165, 1.54) is 19.3 Å². The highest BCUT2D eigenvalue weighted by molar-refractivity contribution is 5.02. The number of aliphatic hydroxyl groups excluding tert-OH is 2. The molecule has 0 unspecified atom stereocenters. The molecule has 184 valence electrons. The fourth-order valence-corrected chi connectivity index (χ4v) is 5.02. The summed E-state index contributed by atoms with van der Waals surface area (Å²) >= 11 is 0. The van der Waals surface area contributed by atoms with Gasteiger partial charge in [0.05, 0.1) is 13.2 Å². The molecule has 7 N–H and O–H groups in total. The third kappa shape index (κ3) is 6.01. The minimum atomic E-state index is -1.04. The molecule has 0 spiro atoms. The Morgan fingerprint density at radius 3 is 2.53 bits per heavy atom. The first-order chi connectivity index (χ1) is 15.4. The lowest BCUT2D eigenvalue weighted by molar-refractivity contribution is -0.280. The monoisotopic (exact) mass is 455 g/mol. The quantitative estimate of drug-likeness (QED) is 0.350. The van der Waals surface area contributed by atoms with Crippen LogP contribution in [-0.4, -0.2) is 79.0 Å². The molecule has 0 aromatic rings. The summed E-state index contributed by atoms with van der Waals surface area (Å²) < 4.78 is 23.8. The van der Waals surface area contributed by atoms with E-state index in [1.807, 2.05) is 6.92 Å². The van der Waals surface area contributed by atoms with Crippen molar-refractivity contribution in [1.82, 2.24) is 5.32 Å². The number of rotatable bonds is 8. The first-order valence-corrected chi connectivity index (χ1v) is 12.3. The zero-order chi connectivity index (χ0) is 22.7. The molecule has 0 aromatic carbocycles. The second kappa shape index (κ2) is 11.1. The first kappa shape index (κ1) is 24.3. The fourth-order valence-electron chi connectivity index (χ4n) is 5.02. The molecular weight excluding hydrogens is 414 g/mol. The van der Waals surface area contributed by atoms with E-state index in [-0.39, 0.29) is 5.92 Å². The van der Waals surface area contributed by atoms with Gasteiger partial charge in [0.25, 0.3) is 0 Å². The van der Waals surface area contributed by atoms with Gasteiger partial charge in [0.2, 0.25) is 0 Å². The average molecular weight is 456 g/mol. The lowest BCUT2D eigenvalue weighted by Crippen LogP contribution is -2.64. The highest BCUT2D eigenvalue weighted by atomic mass is 16.7. The van der Waals surface area contributed by atoms with Crippen molar-refractivity contribution in [2.24, 2.45) is 23.3 Å². The number of ether oxygens (including phenoxy) is 4. The van der Waals surface area contributed by atoms with Gasteiger partial charge in [0.15, 0.2) is 12.6 Å². The average Bonchev–Trinajstić information content (AvgIpc) is 2.72. The summed E-state index contributed by atoms with van der Waals surface area (Å²) in [5.74, 6) is 1.92. The second-order valence-electron chi connectivity index (χ2n) is 10.1. The van der Waals surface area contributed by atoms with Crippen LogP contribution in [0, 0.1) is 11.8 Å². The van der Waals surface area contributed by atoms with Gasteiger partial charge in [-0.05, 0) is 56.6 Å². The van der Waals surface area contributed by atoms with E-state index in [0.29, 0.717) is 32.4 Å². The Morgan fingerprint density at radius 2 is 1.84 bits per heavy atom. The van der Waals surface area contributed by atoms with E-state index in [4.69, 9.17) is 30.4 Å². The number of nitrogens with two attached hydrogens (primary N) is 2. The van der Waals surface area contributed by atoms with Crippen LogP contribution in [0.4, 0.5) is 0 Å². The summed E-state index contributed by atoms with van der Waals surface area (Å²) in [7, 11) is 0. The molecule has 9 heteroatoms. The second-order valence-corrected chi connectivity index (χ2v) is 10.1. The number of aliphatic hydroxyl groups is 2. The topological polar surface area (TPSA) is 141 Å². The van der Waals surface area contributed by atoms with Crippen LogP contribution in [0.5, 0.6) is 0 Å². The third-order valence-electron chi connectivity index (χ3n) is 7.18. The van der Waals surface area contributed by atoms with Crippen molar-refractivity contribution in [3.63, 3.8) is 0 Å². The van der Waals surface area contributed by atoms with Crippen LogP contribution in [0.25, 0.3) is 0 Å². The lowest BCUT2D eigenvalue weighted by Gasteiger charge is -2.45. The SMILES string of the molecule is C[C@@H]1CO[C@H](O[C@@H]2[C@@H](O)[C@H](O[C@@H]3CCC=C(CNCC4CCC4)O3)[C@@H](N)C[C@H]2N)[C@H](O)C1. The van der Waals surface area contributed by atoms with E-state index in [0.717, 1.165) is 24.6 Å². The maximum atomic E-state index is 11.0. The van der Waals surface area contributed by atoms with Gasteiger partial charge < -0.3 is 45.9 Å². The normalized spacial score (nSPS) is 43.3. The molecule has 2 aliphatic carbocycles. The van der Waals surface area contributed by atoms with Crippen LogP contribution in [0.15, 0.2) is 11.8 Å². The molecule has 0 radical (unpaired) electrons. The molecule has 3 fully saturated rings. The molecule has 4 rings (SSSR count). The molecule has 0 bridgehead atoms. The molecule has 2 saturated carbocycles. The Labute approximate surface area is 190 Å². The Bertz CT molecular complexity index is 633.